The summed E-state index contributed by atoms with van der Waals surface area (Å²) in [6.07, 6.45) is 2.80. The van der Waals surface area contributed by atoms with E-state index >= 15 is 0 Å². The lowest BCUT2D eigenvalue weighted by Crippen LogP contribution is -2.55. The molecule has 9 N–H and O–H groups in total. The first-order valence-electron chi connectivity index (χ1n) is 15.6. The van der Waals surface area contributed by atoms with Gasteiger partial charge in [0.15, 0.2) is 0 Å². The summed E-state index contributed by atoms with van der Waals surface area (Å²) in [5, 5.41) is 14.0. The van der Waals surface area contributed by atoms with Crippen LogP contribution >= 0.6 is 31.3 Å². The Morgan fingerprint density at radius 3 is 1.50 bits per heavy atom. The molecule has 0 radical (unpaired) electrons. The molecule has 1 amide bonds. The normalized spacial score (nSPS) is 12.8. The summed E-state index contributed by atoms with van der Waals surface area (Å²) in [7, 11) is -19.2. The van der Waals surface area contributed by atoms with Crippen LogP contribution in [-0.2, 0) is 51.5 Å². The highest BCUT2D eigenvalue weighted by atomic mass is 31.2. The topological polar surface area (TPSA) is 348 Å². The fourth-order valence-electron chi connectivity index (χ4n) is 3.21. The van der Waals surface area contributed by atoms with Crippen LogP contribution in [0.5, 0.6) is 0 Å². The second-order valence-electron chi connectivity index (χ2n) is 12.0. The number of carbonyl (C=O) groups is 1. The first-order chi connectivity index (χ1) is 23.5. The van der Waals surface area contributed by atoms with Crippen molar-refractivity contribution in [1.29, 1.82) is 0 Å². The first kappa shape index (κ1) is 52.6. The quantitative estimate of drug-likeness (QED) is 0.0372. The van der Waals surface area contributed by atoms with Gasteiger partial charge in [-0.3, -0.25) is 22.9 Å². The van der Waals surface area contributed by atoms with E-state index in [4.69, 9.17) is 44.0 Å². The predicted octanol–water partition coefficient (Wildman–Crippen LogP) is 2.66. The highest BCUT2D eigenvalue weighted by molar-refractivity contribution is 7.47. The van der Waals surface area contributed by atoms with E-state index in [-0.39, 0.29) is 18.8 Å². The molecule has 308 valence electrons. The van der Waals surface area contributed by atoms with Crippen molar-refractivity contribution >= 4 is 42.9 Å². The minimum absolute atomic E-state index is 0.0451. The number of hydrogen-bond acceptors (Lipinski definition) is 13. The van der Waals surface area contributed by atoms with E-state index in [9.17, 15) is 23.1 Å². The summed E-state index contributed by atoms with van der Waals surface area (Å²) in [5.74, 6) is -0.870. The zero-order valence-electron chi connectivity index (χ0n) is 30.6. The Morgan fingerprint density at radius 2 is 1.21 bits per heavy atom. The molecule has 1 aromatic rings. The van der Waals surface area contributed by atoms with Crippen LogP contribution in [0.25, 0.3) is 0 Å². The Morgan fingerprint density at radius 1 is 0.788 bits per heavy atom. The van der Waals surface area contributed by atoms with Gasteiger partial charge in [0.1, 0.15) is 12.1 Å². The summed E-state index contributed by atoms with van der Waals surface area (Å²) >= 11 is 0. The number of hydrogen-bond donors (Lipinski definition) is 9. The van der Waals surface area contributed by atoms with Crippen LogP contribution in [-0.4, -0.2) is 104 Å². The minimum Gasteiger partial charge on any atom is -0.396 e. The van der Waals surface area contributed by atoms with Gasteiger partial charge in [-0.05, 0) is 39.0 Å². The number of amides is 1. The minimum atomic E-state index is -4.81. The van der Waals surface area contributed by atoms with Crippen molar-refractivity contribution in [1.82, 2.24) is 20.3 Å². The van der Waals surface area contributed by atoms with E-state index in [1.165, 1.54) is 10.9 Å². The van der Waals surface area contributed by atoms with Gasteiger partial charge in [0.05, 0.1) is 43.4 Å². The Kier molecular flexibility index (Phi) is 23.7. The van der Waals surface area contributed by atoms with E-state index in [2.05, 4.69) is 45.8 Å². The smallest absolute Gasteiger partial charge is 0.396 e. The third-order valence-corrected chi connectivity index (χ3v) is 8.26. The standard InChI is InChI=1S/C10H21N3O8P2.C9H21NO9P2.C6H13NO/c1-4-10(6-20-22(14,15)16,7-21-23(17,18)19)13-5-9(8(2)3)11-12-13;1-4-9(5-18-20(12,13)14,6-19-21(15,16)17)10-8(11)7(2)3;1-4-5-8-7-6(2)3/h5,8H,4,6-7H2,1-3H3,(H2,14,15,16)(H2,17,18,19);7H,4-6H2,1-3H3,(H,10,11)(H2,12,13,14)(H2,15,16,17);4-5H2,1-3H3. The zero-order valence-corrected chi connectivity index (χ0v) is 34.2. The molecule has 0 aliphatic heterocycles. The van der Waals surface area contributed by atoms with Crippen molar-refractivity contribution in [2.45, 2.75) is 98.6 Å². The summed E-state index contributed by atoms with van der Waals surface area (Å²) in [6, 6.07) is 0. The lowest BCUT2D eigenvalue weighted by Gasteiger charge is -2.33. The molecule has 1 aromatic heterocycles. The largest absolute Gasteiger partial charge is 0.469 e. The molecule has 0 bridgehead atoms. The Labute approximate surface area is 302 Å². The fraction of sp³-hybridized carbons (Fsp3) is 0.840. The number of aromatic nitrogens is 3. The summed E-state index contributed by atoms with van der Waals surface area (Å²) in [5.41, 5.74) is -1.22. The summed E-state index contributed by atoms with van der Waals surface area (Å²) < 4.78 is 62.5. The molecule has 23 nitrogen and oxygen atoms in total. The summed E-state index contributed by atoms with van der Waals surface area (Å²) in [4.78, 5) is 87.1. The van der Waals surface area contributed by atoms with Gasteiger partial charge in [-0.2, -0.15) is 0 Å². The van der Waals surface area contributed by atoms with Gasteiger partial charge in [0, 0.05) is 12.1 Å². The molecule has 1 rings (SSSR count). The lowest BCUT2D eigenvalue weighted by molar-refractivity contribution is -0.127. The second-order valence-corrected chi connectivity index (χ2v) is 17.0. The molecule has 0 fully saturated rings. The first-order valence-corrected chi connectivity index (χ1v) is 21.8. The molecule has 0 spiro atoms. The molecule has 0 aliphatic rings. The molecule has 0 atom stereocenters. The fourth-order valence-corrected chi connectivity index (χ4v) is 4.86. The zero-order chi connectivity index (χ0) is 41.2. The van der Waals surface area contributed by atoms with Gasteiger partial charge in [0.2, 0.25) is 5.91 Å². The molecule has 0 saturated carbocycles. The van der Waals surface area contributed by atoms with E-state index < -0.39 is 80.6 Å². The lowest BCUT2D eigenvalue weighted by atomic mass is 9.97. The van der Waals surface area contributed by atoms with Gasteiger partial charge >= 0.3 is 31.3 Å². The van der Waals surface area contributed by atoms with Crippen LogP contribution in [0.4, 0.5) is 0 Å². The molecule has 0 saturated heterocycles. The van der Waals surface area contributed by atoms with E-state index in [1.54, 1.807) is 27.7 Å². The van der Waals surface area contributed by atoms with Crippen LogP contribution in [0.1, 0.15) is 93.2 Å². The third-order valence-electron chi connectivity index (χ3n) is 6.40. The maximum absolute atomic E-state index is 11.8. The van der Waals surface area contributed by atoms with Crippen molar-refractivity contribution in [2.24, 2.45) is 11.1 Å². The highest BCUT2D eigenvalue weighted by Crippen LogP contribution is 2.42. The van der Waals surface area contributed by atoms with Crippen LogP contribution in [0.15, 0.2) is 11.4 Å². The van der Waals surface area contributed by atoms with E-state index in [1.807, 2.05) is 27.7 Å². The summed E-state index contributed by atoms with van der Waals surface area (Å²) in [6.45, 7) is 14.3. The SMILES string of the molecule is CCC(COP(=O)(O)O)(COP(=O)(O)O)NC(=O)C(C)C.CCC(COP(=O)(O)O)(COP(=O)(O)O)n1cc(C(C)C)nn1.CCCON=C(C)C. The number of carbonyl (C=O) groups excluding carboxylic acids is 1. The van der Waals surface area contributed by atoms with Gasteiger partial charge in [-0.15, -0.1) is 5.10 Å². The molecular weight excluding hydrogens is 782 g/mol. The molecule has 52 heavy (non-hydrogen) atoms. The van der Waals surface area contributed by atoms with Gasteiger partial charge in [-0.25, -0.2) is 22.9 Å². The van der Waals surface area contributed by atoms with Gasteiger partial charge in [-0.1, -0.05) is 58.8 Å². The number of phosphoric acid groups is 4. The Bertz CT molecular complexity index is 1360. The Balaban J connectivity index is 0. The van der Waals surface area contributed by atoms with Gasteiger partial charge < -0.3 is 49.3 Å². The van der Waals surface area contributed by atoms with Gasteiger partial charge in [0.25, 0.3) is 0 Å². The number of nitrogens with zero attached hydrogens (tertiary/aromatic N) is 4. The third kappa shape index (κ3) is 25.5. The number of nitrogens with one attached hydrogen (secondary N) is 1. The van der Waals surface area contributed by atoms with E-state index in [0.29, 0.717) is 5.69 Å². The molecule has 1 heterocycles. The molecule has 0 aliphatic carbocycles. The Hall–Kier alpha value is -1.48. The van der Waals surface area contributed by atoms with Crippen LogP contribution in [0.2, 0.25) is 0 Å². The van der Waals surface area contributed by atoms with Crippen LogP contribution in [0, 0.1) is 5.92 Å². The maximum atomic E-state index is 11.8. The molecule has 0 aromatic carbocycles. The van der Waals surface area contributed by atoms with Crippen LogP contribution in [0.3, 0.4) is 0 Å². The molecule has 27 heteroatoms. The van der Waals surface area contributed by atoms with Crippen molar-refractivity contribution < 1.29 is 85.1 Å². The average Bonchev–Trinajstić information content (AvgIpc) is 3.49. The maximum Gasteiger partial charge on any atom is 0.469 e. The van der Waals surface area contributed by atoms with Crippen molar-refractivity contribution in [3.8, 4) is 0 Å². The highest BCUT2D eigenvalue weighted by Gasteiger charge is 2.39. The predicted molar refractivity (Wildman–Crippen MR) is 185 cm³/mol. The van der Waals surface area contributed by atoms with E-state index in [0.717, 1.165) is 18.7 Å². The number of phosphoric ester groups is 4. The number of rotatable bonds is 21. The molecule has 0 unspecified atom stereocenters. The monoisotopic (exact) mass is 837 g/mol. The van der Waals surface area contributed by atoms with Crippen LogP contribution < -0.4 is 5.32 Å². The molecular formula is C25H55N5O18P4. The van der Waals surface area contributed by atoms with Crippen molar-refractivity contribution in [2.75, 3.05) is 33.0 Å². The average molecular weight is 838 g/mol. The second kappa shape index (κ2) is 23.4. The van der Waals surface area contributed by atoms with Crippen molar-refractivity contribution in [3.05, 3.63) is 11.9 Å². The van der Waals surface area contributed by atoms with Crippen molar-refractivity contribution in [3.63, 3.8) is 0 Å². The number of oxime groups is 1.